The lowest BCUT2D eigenvalue weighted by Crippen LogP contribution is -1.92. The third-order valence-corrected chi connectivity index (χ3v) is 4.50. The molecule has 0 bridgehead atoms. The van der Waals surface area contributed by atoms with Crippen LogP contribution in [0.25, 0.3) is 11.3 Å². The van der Waals surface area contributed by atoms with E-state index in [2.05, 4.69) is 23.3 Å². The number of aryl methyl sites for hydroxylation is 1. The summed E-state index contributed by atoms with van der Waals surface area (Å²) >= 11 is 1.67. The highest BCUT2D eigenvalue weighted by Gasteiger charge is 2.16. The first-order chi connectivity index (χ1) is 10.2. The Bertz CT molecular complexity index is 766. The molecule has 0 atom stereocenters. The van der Waals surface area contributed by atoms with Crippen LogP contribution in [0.2, 0.25) is 0 Å². The average Bonchev–Trinajstić information content (AvgIpc) is 2.76. The first kappa shape index (κ1) is 13.8. The van der Waals surface area contributed by atoms with E-state index >= 15 is 0 Å². The van der Waals surface area contributed by atoms with Crippen LogP contribution in [0, 0.1) is 6.92 Å². The van der Waals surface area contributed by atoms with Gasteiger partial charge < -0.3 is 5.11 Å². The van der Waals surface area contributed by atoms with E-state index in [1.165, 1.54) is 0 Å². The van der Waals surface area contributed by atoms with Gasteiger partial charge in [0.2, 0.25) is 0 Å². The van der Waals surface area contributed by atoms with Crippen molar-refractivity contribution < 1.29 is 5.11 Å². The molecule has 0 aliphatic heterocycles. The highest BCUT2D eigenvalue weighted by Crippen LogP contribution is 2.39. The molecule has 0 amide bonds. The summed E-state index contributed by atoms with van der Waals surface area (Å²) in [6.45, 7) is 1.86. The van der Waals surface area contributed by atoms with Gasteiger partial charge in [0, 0.05) is 22.4 Å². The zero-order valence-corrected chi connectivity index (χ0v) is 12.8. The maximum absolute atomic E-state index is 10.3. The third kappa shape index (κ3) is 2.67. The molecule has 0 radical (unpaired) electrons. The van der Waals surface area contributed by atoms with Crippen molar-refractivity contribution >= 4 is 11.8 Å². The molecule has 3 aromatic rings. The Balaban J connectivity index is 2.06. The Labute approximate surface area is 128 Å². The fourth-order valence-corrected chi connectivity index (χ4v) is 3.11. The number of aromatic hydroxyl groups is 1. The number of nitrogens with zero attached hydrogens (tertiary/aromatic N) is 2. The molecule has 21 heavy (non-hydrogen) atoms. The summed E-state index contributed by atoms with van der Waals surface area (Å²) in [4.78, 5) is 2.24. The molecule has 4 heteroatoms. The van der Waals surface area contributed by atoms with Crippen molar-refractivity contribution in [1.82, 2.24) is 9.78 Å². The summed E-state index contributed by atoms with van der Waals surface area (Å²) in [6.07, 6.45) is 0. The second kappa shape index (κ2) is 5.66. The van der Waals surface area contributed by atoms with Crippen molar-refractivity contribution in [3.8, 4) is 17.0 Å². The molecule has 0 unspecified atom stereocenters. The molecule has 0 fully saturated rings. The van der Waals surface area contributed by atoms with E-state index in [1.54, 1.807) is 16.4 Å². The maximum atomic E-state index is 10.3. The van der Waals surface area contributed by atoms with Crippen LogP contribution in [0.1, 0.15) is 5.69 Å². The maximum Gasteiger partial charge on any atom is 0.164 e. The molecule has 1 N–H and O–H groups in total. The number of aromatic nitrogens is 2. The van der Waals surface area contributed by atoms with Crippen molar-refractivity contribution in [2.75, 3.05) is 0 Å². The van der Waals surface area contributed by atoms with Crippen molar-refractivity contribution in [3.63, 3.8) is 0 Å². The summed E-state index contributed by atoms with van der Waals surface area (Å²) in [6, 6.07) is 18.2. The van der Waals surface area contributed by atoms with Gasteiger partial charge in [0.1, 0.15) is 5.69 Å². The zero-order valence-electron chi connectivity index (χ0n) is 11.9. The van der Waals surface area contributed by atoms with Crippen molar-refractivity contribution in [2.45, 2.75) is 16.7 Å². The second-order valence-electron chi connectivity index (χ2n) is 4.82. The normalized spacial score (nSPS) is 10.8. The van der Waals surface area contributed by atoms with E-state index in [4.69, 9.17) is 0 Å². The minimum Gasteiger partial charge on any atom is -0.504 e. The molecule has 0 aliphatic rings. The Morgan fingerprint density at radius 1 is 1.00 bits per heavy atom. The summed E-state index contributed by atoms with van der Waals surface area (Å²) in [5.41, 5.74) is 2.35. The smallest absolute Gasteiger partial charge is 0.164 e. The van der Waals surface area contributed by atoms with Gasteiger partial charge in [-0.05, 0) is 25.1 Å². The monoisotopic (exact) mass is 296 g/mol. The minimum absolute atomic E-state index is 0.249. The van der Waals surface area contributed by atoms with Crippen molar-refractivity contribution in [2.24, 2.45) is 7.05 Å². The summed E-state index contributed by atoms with van der Waals surface area (Å²) in [7, 11) is 1.84. The van der Waals surface area contributed by atoms with Crippen molar-refractivity contribution in [1.29, 1.82) is 0 Å². The molecule has 0 saturated heterocycles. The van der Waals surface area contributed by atoms with E-state index in [1.807, 2.05) is 50.4 Å². The zero-order chi connectivity index (χ0) is 14.8. The van der Waals surface area contributed by atoms with Gasteiger partial charge in [-0.3, -0.25) is 4.68 Å². The van der Waals surface area contributed by atoms with Crippen LogP contribution < -0.4 is 0 Å². The molecule has 2 aromatic carbocycles. The summed E-state index contributed by atoms with van der Waals surface area (Å²) in [5.74, 6) is 0.249. The van der Waals surface area contributed by atoms with Crippen LogP contribution in [0.4, 0.5) is 0 Å². The Hall–Kier alpha value is -2.20. The van der Waals surface area contributed by atoms with Crippen LogP contribution in [0.5, 0.6) is 5.75 Å². The van der Waals surface area contributed by atoms with E-state index < -0.39 is 0 Å². The number of hydrogen-bond donors (Lipinski definition) is 1. The lowest BCUT2D eigenvalue weighted by molar-refractivity contribution is 0.471. The van der Waals surface area contributed by atoms with Gasteiger partial charge in [0.15, 0.2) is 5.75 Å². The van der Waals surface area contributed by atoms with Crippen LogP contribution in [0.15, 0.2) is 64.4 Å². The SMILES string of the molecule is Cc1c(O)c(-c2ccccc2Sc2ccccc2)nn1C. The quantitative estimate of drug-likeness (QED) is 0.785. The number of rotatable bonds is 3. The molecular formula is C17H16N2OS. The summed E-state index contributed by atoms with van der Waals surface area (Å²) < 4.78 is 1.70. The minimum atomic E-state index is 0.249. The lowest BCUT2D eigenvalue weighted by Gasteiger charge is -2.07. The first-order valence-electron chi connectivity index (χ1n) is 6.71. The number of hydrogen-bond acceptors (Lipinski definition) is 3. The van der Waals surface area contributed by atoms with Gasteiger partial charge in [0.05, 0.1) is 5.69 Å². The molecule has 1 aromatic heterocycles. The molecule has 106 valence electrons. The molecule has 0 saturated carbocycles. The van der Waals surface area contributed by atoms with Crippen LogP contribution in [-0.2, 0) is 7.05 Å². The molecular weight excluding hydrogens is 280 g/mol. The Morgan fingerprint density at radius 2 is 1.67 bits per heavy atom. The van der Waals surface area contributed by atoms with Gasteiger partial charge in [-0.25, -0.2) is 0 Å². The topological polar surface area (TPSA) is 38.1 Å². The predicted octanol–water partition coefficient (Wildman–Crippen LogP) is 4.25. The molecule has 0 aliphatic carbocycles. The van der Waals surface area contributed by atoms with Crippen LogP contribution >= 0.6 is 11.8 Å². The van der Waals surface area contributed by atoms with Gasteiger partial charge in [-0.2, -0.15) is 5.10 Å². The van der Waals surface area contributed by atoms with Crippen LogP contribution in [0.3, 0.4) is 0 Å². The predicted molar refractivity (Wildman–Crippen MR) is 85.6 cm³/mol. The van der Waals surface area contributed by atoms with E-state index in [-0.39, 0.29) is 5.75 Å². The molecule has 1 heterocycles. The highest BCUT2D eigenvalue weighted by atomic mass is 32.2. The largest absolute Gasteiger partial charge is 0.504 e. The van der Waals surface area contributed by atoms with Gasteiger partial charge >= 0.3 is 0 Å². The van der Waals surface area contributed by atoms with Crippen molar-refractivity contribution in [3.05, 3.63) is 60.3 Å². The second-order valence-corrected chi connectivity index (χ2v) is 5.93. The van der Waals surface area contributed by atoms with Gasteiger partial charge in [-0.15, -0.1) is 0 Å². The van der Waals surface area contributed by atoms with Gasteiger partial charge in [0.25, 0.3) is 0 Å². The molecule has 0 spiro atoms. The number of benzene rings is 2. The Kier molecular flexibility index (Phi) is 3.71. The first-order valence-corrected chi connectivity index (χ1v) is 7.53. The fourth-order valence-electron chi connectivity index (χ4n) is 2.15. The molecule has 3 rings (SSSR count). The summed E-state index contributed by atoms with van der Waals surface area (Å²) in [5, 5.41) is 14.7. The molecule has 3 nitrogen and oxygen atoms in total. The lowest BCUT2D eigenvalue weighted by atomic mass is 10.1. The Morgan fingerprint density at radius 3 is 2.33 bits per heavy atom. The third-order valence-electron chi connectivity index (χ3n) is 3.42. The average molecular weight is 296 g/mol. The standard InChI is InChI=1S/C17H16N2OS/c1-12-17(20)16(18-19(12)2)14-10-6-7-11-15(14)21-13-8-4-3-5-9-13/h3-11,20H,1-2H3. The van der Waals surface area contributed by atoms with E-state index in [0.717, 1.165) is 21.0 Å². The van der Waals surface area contributed by atoms with E-state index in [0.29, 0.717) is 5.69 Å². The highest BCUT2D eigenvalue weighted by molar-refractivity contribution is 7.99. The fraction of sp³-hybridized carbons (Fsp3) is 0.118. The van der Waals surface area contributed by atoms with Crippen LogP contribution in [-0.4, -0.2) is 14.9 Å². The van der Waals surface area contributed by atoms with Gasteiger partial charge in [-0.1, -0.05) is 48.2 Å². The van der Waals surface area contributed by atoms with E-state index in [9.17, 15) is 5.11 Å².